The third kappa shape index (κ3) is 4.79. The van der Waals surface area contributed by atoms with Gasteiger partial charge in [-0.15, -0.1) is 0 Å². The number of methoxy groups -OCH3 is 1. The number of rotatable bonds is 6. The number of ether oxygens (including phenoxy) is 1. The zero-order valence-electron chi connectivity index (χ0n) is 12.4. The molecule has 1 aromatic carbocycles. The van der Waals surface area contributed by atoms with E-state index in [1.807, 2.05) is 0 Å². The van der Waals surface area contributed by atoms with E-state index in [2.05, 4.69) is 57.3 Å². The summed E-state index contributed by atoms with van der Waals surface area (Å²) in [6, 6.07) is 9.33. The van der Waals surface area contributed by atoms with Gasteiger partial charge in [0.05, 0.1) is 6.61 Å². The third-order valence-corrected chi connectivity index (χ3v) is 3.28. The zero-order valence-corrected chi connectivity index (χ0v) is 12.4. The molecule has 0 aliphatic heterocycles. The van der Waals surface area contributed by atoms with E-state index in [0.29, 0.717) is 6.04 Å². The van der Waals surface area contributed by atoms with E-state index in [1.165, 1.54) is 11.1 Å². The monoisotopic (exact) mass is 249 g/mol. The number of benzene rings is 1. The minimum atomic E-state index is 0.230. The van der Waals surface area contributed by atoms with E-state index in [-0.39, 0.29) is 5.41 Å². The van der Waals surface area contributed by atoms with Crippen LogP contribution in [0.4, 0.5) is 0 Å². The van der Waals surface area contributed by atoms with Gasteiger partial charge in [0, 0.05) is 19.7 Å². The van der Waals surface area contributed by atoms with Crippen LogP contribution in [0, 0.1) is 0 Å². The van der Waals surface area contributed by atoms with Crippen LogP contribution in [0.1, 0.15) is 45.2 Å². The van der Waals surface area contributed by atoms with Gasteiger partial charge in [-0.2, -0.15) is 0 Å². The minimum absolute atomic E-state index is 0.230. The fourth-order valence-electron chi connectivity index (χ4n) is 1.91. The molecule has 0 aliphatic carbocycles. The van der Waals surface area contributed by atoms with E-state index in [0.717, 1.165) is 19.6 Å². The summed E-state index contributed by atoms with van der Waals surface area (Å²) in [5.41, 5.74) is 2.95. The van der Waals surface area contributed by atoms with Crippen molar-refractivity contribution in [3.63, 3.8) is 0 Å². The van der Waals surface area contributed by atoms with Gasteiger partial charge in [-0.25, -0.2) is 0 Å². The van der Waals surface area contributed by atoms with Gasteiger partial charge in [0.15, 0.2) is 0 Å². The summed E-state index contributed by atoms with van der Waals surface area (Å²) >= 11 is 0. The Morgan fingerprint density at radius 1 is 1.17 bits per heavy atom. The van der Waals surface area contributed by atoms with Crippen LogP contribution in [0.5, 0.6) is 0 Å². The first-order valence-electron chi connectivity index (χ1n) is 6.79. The van der Waals surface area contributed by atoms with Gasteiger partial charge >= 0.3 is 0 Å². The summed E-state index contributed by atoms with van der Waals surface area (Å²) in [5, 5.41) is 3.52. The lowest BCUT2D eigenvalue weighted by Gasteiger charge is -2.20. The van der Waals surface area contributed by atoms with Crippen LogP contribution in [0.25, 0.3) is 0 Å². The molecule has 0 spiro atoms. The SMILES string of the molecule is CCC(COC)NCc1ccc(C(C)(C)C)cc1. The van der Waals surface area contributed by atoms with Gasteiger partial charge in [-0.05, 0) is 23.0 Å². The fraction of sp³-hybridized carbons (Fsp3) is 0.625. The van der Waals surface area contributed by atoms with Crippen LogP contribution >= 0.6 is 0 Å². The summed E-state index contributed by atoms with van der Waals surface area (Å²) < 4.78 is 5.18. The standard InChI is InChI=1S/C16H27NO/c1-6-15(12-18-5)17-11-13-7-9-14(10-8-13)16(2,3)4/h7-10,15,17H,6,11-12H2,1-5H3. The smallest absolute Gasteiger partial charge is 0.0615 e. The van der Waals surface area contributed by atoms with Crippen LogP contribution < -0.4 is 5.32 Å². The minimum Gasteiger partial charge on any atom is -0.383 e. The summed E-state index contributed by atoms with van der Waals surface area (Å²) in [6.45, 7) is 10.6. The van der Waals surface area contributed by atoms with Crippen molar-refractivity contribution in [1.82, 2.24) is 5.32 Å². The highest BCUT2D eigenvalue weighted by molar-refractivity contribution is 5.27. The van der Waals surface area contributed by atoms with E-state index in [4.69, 9.17) is 4.74 Å². The summed E-state index contributed by atoms with van der Waals surface area (Å²) in [5.74, 6) is 0. The molecule has 1 aromatic rings. The molecule has 0 saturated heterocycles. The molecule has 0 radical (unpaired) electrons. The van der Waals surface area contributed by atoms with Crippen molar-refractivity contribution in [3.05, 3.63) is 35.4 Å². The second-order valence-corrected chi connectivity index (χ2v) is 5.89. The Morgan fingerprint density at radius 2 is 1.78 bits per heavy atom. The molecule has 0 aliphatic rings. The number of hydrogen-bond donors (Lipinski definition) is 1. The number of nitrogens with one attached hydrogen (secondary N) is 1. The molecule has 1 unspecified atom stereocenters. The second kappa shape index (κ2) is 6.91. The lowest BCUT2D eigenvalue weighted by Crippen LogP contribution is -2.32. The molecule has 2 heteroatoms. The maximum absolute atomic E-state index is 5.18. The van der Waals surface area contributed by atoms with E-state index in [9.17, 15) is 0 Å². The molecule has 1 rings (SSSR count). The average molecular weight is 249 g/mol. The van der Waals surface area contributed by atoms with Gasteiger partial charge in [0.2, 0.25) is 0 Å². The van der Waals surface area contributed by atoms with Crippen molar-refractivity contribution in [3.8, 4) is 0 Å². The van der Waals surface area contributed by atoms with Crippen molar-refractivity contribution in [1.29, 1.82) is 0 Å². The quantitative estimate of drug-likeness (QED) is 0.833. The van der Waals surface area contributed by atoms with Crippen LogP contribution in [0.15, 0.2) is 24.3 Å². The molecule has 0 saturated carbocycles. The van der Waals surface area contributed by atoms with Gasteiger partial charge in [-0.3, -0.25) is 0 Å². The first-order valence-corrected chi connectivity index (χ1v) is 6.79. The highest BCUT2D eigenvalue weighted by Crippen LogP contribution is 2.22. The van der Waals surface area contributed by atoms with Crippen molar-refractivity contribution in [2.75, 3.05) is 13.7 Å². The first kappa shape index (κ1) is 15.2. The van der Waals surface area contributed by atoms with Crippen LogP contribution in [-0.4, -0.2) is 19.8 Å². The maximum Gasteiger partial charge on any atom is 0.0615 e. The molecule has 0 bridgehead atoms. The molecule has 0 aromatic heterocycles. The largest absolute Gasteiger partial charge is 0.383 e. The molecule has 1 N–H and O–H groups in total. The van der Waals surface area contributed by atoms with E-state index in [1.54, 1.807) is 7.11 Å². The Morgan fingerprint density at radius 3 is 2.22 bits per heavy atom. The Balaban J connectivity index is 2.53. The summed E-state index contributed by atoms with van der Waals surface area (Å²) in [7, 11) is 1.75. The van der Waals surface area contributed by atoms with Crippen LogP contribution in [-0.2, 0) is 16.7 Å². The Bertz CT molecular complexity index is 337. The number of hydrogen-bond acceptors (Lipinski definition) is 2. The molecular formula is C16H27NO. The van der Waals surface area contributed by atoms with E-state index >= 15 is 0 Å². The predicted molar refractivity (Wildman–Crippen MR) is 77.9 cm³/mol. The summed E-state index contributed by atoms with van der Waals surface area (Å²) in [4.78, 5) is 0. The maximum atomic E-state index is 5.18. The summed E-state index contributed by atoms with van der Waals surface area (Å²) in [6.07, 6.45) is 1.09. The topological polar surface area (TPSA) is 21.3 Å². The lowest BCUT2D eigenvalue weighted by molar-refractivity contribution is 0.164. The molecule has 18 heavy (non-hydrogen) atoms. The molecule has 0 heterocycles. The Kier molecular flexibility index (Phi) is 5.83. The molecule has 2 nitrogen and oxygen atoms in total. The van der Waals surface area contributed by atoms with Crippen LogP contribution in [0.2, 0.25) is 0 Å². The van der Waals surface area contributed by atoms with Crippen molar-refractivity contribution < 1.29 is 4.74 Å². The first-order chi connectivity index (χ1) is 8.47. The van der Waals surface area contributed by atoms with Gasteiger partial charge < -0.3 is 10.1 Å². The fourth-order valence-corrected chi connectivity index (χ4v) is 1.91. The van der Waals surface area contributed by atoms with Crippen molar-refractivity contribution in [2.45, 2.75) is 52.1 Å². The molecule has 102 valence electrons. The van der Waals surface area contributed by atoms with Gasteiger partial charge in [-0.1, -0.05) is 52.0 Å². The Labute approximate surface area is 112 Å². The Hall–Kier alpha value is -0.860. The van der Waals surface area contributed by atoms with Gasteiger partial charge in [0.25, 0.3) is 0 Å². The van der Waals surface area contributed by atoms with Crippen molar-refractivity contribution in [2.24, 2.45) is 0 Å². The molecule has 0 fully saturated rings. The van der Waals surface area contributed by atoms with Gasteiger partial charge in [0.1, 0.15) is 0 Å². The van der Waals surface area contributed by atoms with Crippen LogP contribution in [0.3, 0.4) is 0 Å². The normalized spacial score (nSPS) is 13.6. The average Bonchev–Trinajstić information content (AvgIpc) is 2.34. The zero-order chi connectivity index (χ0) is 13.6. The highest BCUT2D eigenvalue weighted by atomic mass is 16.5. The molecule has 0 amide bonds. The lowest BCUT2D eigenvalue weighted by atomic mass is 9.87. The van der Waals surface area contributed by atoms with Crippen molar-refractivity contribution >= 4 is 0 Å². The predicted octanol–water partition coefficient (Wildman–Crippen LogP) is 3.50. The highest BCUT2D eigenvalue weighted by Gasteiger charge is 2.12. The third-order valence-electron chi connectivity index (χ3n) is 3.28. The second-order valence-electron chi connectivity index (χ2n) is 5.89. The molecular weight excluding hydrogens is 222 g/mol. The molecule has 1 atom stereocenters. The van der Waals surface area contributed by atoms with E-state index < -0.39 is 0 Å².